The highest BCUT2D eigenvalue weighted by Gasteiger charge is 2.32. The number of amides is 1. The third-order valence-electron chi connectivity index (χ3n) is 5.83. The monoisotopic (exact) mass is 439 g/mol. The van der Waals surface area contributed by atoms with Crippen LogP contribution in [-0.2, 0) is 17.3 Å². The molecule has 0 atom stereocenters. The molecule has 0 radical (unpaired) electrons. The number of pyridine rings is 1. The van der Waals surface area contributed by atoms with Gasteiger partial charge in [0.1, 0.15) is 5.82 Å². The summed E-state index contributed by atoms with van der Waals surface area (Å²) in [5.41, 5.74) is 3.05. The number of nitrogens with zero attached hydrogens (tertiary/aromatic N) is 2. The summed E-state index contributed by atoms with van der Waals surface area (Å²) in [6.45, 7) is 2.84. The lowest BCUT2D eigenvalue weighted by molar-refractivity contribution is -0.137. The van der Waals surface area contributed by atoms with E-state index >= 15 is 0 Å². The highest BCUT2D eigenvalue weighted by Crippen LogP contribution is 2.35. The quantitative estimate of drug-likeness (QED) is 0.626. The first-order valence-electron chi connectivity index (χ1n) is 10.3. The van der Waals surface area contributed by atoms with E-state index in [2.05, 4.69) is 15.2 Å². The Bertz CT molecular complexity index is 1190. The number of nitrogens with one attached hydrogen (secondary N) is 1. The number of morpholine rings is 1. The second-order valence-electron chi connectivity index (χ2n) is 7.87. The molecule has 5 rings (SSSR count). The van der Waals surface area contributed by atoms with Gasteiger partial charge in [0.15, 0.2) is 0 Å². The first-order valence-corrected chi connectivity index (χ1v) is 10.3. The summed E-state index contributed by atoms with van der Waals surface area (Å²) in [7, 11) is 0. The van der Waals surface area contributed by atoms with Gasteiger partial charge in [-0.1, -0.05) is 18.2 Å². The fourth-order valence-electron chi connectivity index (χ4n) is 4.10. The van der Waals surface area contributed by atoms with E-state index in [-0.39, 0.29) is 5.69 Å². The summed E-state index contributed by atoms with van der Waals surface area (Å²) in [6, 6.07) is 12.9. The van der Waals surface area contributed by atoms with Crippen molar-refractivity contribution in [1.29, 1.82) is 0 Å². The molecule has 3 heterocycles. The van der Waals surface area contributed by atoms with E-state index in [9.17, 15) is 18.0 Å². The fraction of sp³-hybridized carbons (Fsp3) is 0.250. The van der Waals surface area contributed by atoms with Gasteiger partial charge in [-0.05, 0) is 52.6 Å². The molecule has 0 aliphatic carbocycles. The minimum absolute atomic E-state index is 0.195. The zero-order valence-corrected chi connectivity index (χ0v) is 17.1. The van der Waals surface area contributed by atoms with Crippen molar-refractivity contribution >= 4 is 17.4 Å². The highest BCUT2D eigenvalue weighted by atomic mass is 19.4. The molecule has 164 valence electrons. The lowest BCUT2D eigenvalue weighted by Gasteiger charge is -2.28. The molecule has 0 unspecified atom stereocenters. The third kappa shape index (κ3) is 3.93. The van der Waals surface area contributed by atoms with Crippen molar-refractivity contribution in [2.45, 2.75) is 12.6 Å². The Morgan fingerprint density at radius 3 is 2.47 bits per heavy atom. The van der Waals surface area contributed by atoms with Crippen LogP contribution in [0, 0.1) is 0 Å². The van der Waals surface area contributed by atoms with Gasteiger partial charge >= 0.3 is 6.18 Å². The van der Waals surface area contributed by atoms with Crippen molar-refractivity contribution in [3.05, 3.63) is 77.0 Å². The molecule has 8 heteroatoms. The molecule has 1 N–H and O–H groups in total. The lowest BCUT2D eigenvalue weighted by atomic mass is 9.95. The minimum atomic E-state index is -4.47. The number of hydrogen-bond acceptors (Lipinski definition) is 4. The normalized spacial score (nSPS) is 16.1. The number of halogens is 3. The van der Waals surface area contributed by atoms with Crippen LogP contribution >= 0.6 is 0 Å². The number of aromatic nitrogens is 1. The van der Waals surface area contributed by atoms with Crippen molar-refractivity contribution in [1.82, 2.24) is 4.98 Å². The van der Waals surface area contributed by atoms with Gasteiger partial charge in [-0.15, -0.1) is 0 Å². The minimum Gasteiger partial charge on any atom is -0.378 e. The number of benzene rings is 2. The Labute approximate surface area is 182 Å². The number of carbonyl (C=O) groups is 1. The molecule has 2 aliphatic heterocycles. The zero-order valence-electron chi connectivity index (χ0n) is 17.1. The Morgan fingerprint density at radius 1 is 0.938 bits per heavy atom. The van der Waals surface area contributed by atoms with Crippen LogP contribution in [0.3, 0.4) is 0 Å². The van der Waals surface area contributed by atoms with E-state index < -0.39 is 17.6 Å². The number of carbonyl (C=O) groups excluding carboxylic acids is 1. The highest BCUT2D eigenvalue weighted by molar-refractivity contribution is 6.07. The Hall–Kier alpha value is -3.39. The Balaban J connectivity index is 1.47. The summed E-state index contributed by atoms with van der Waals surface area (Å²) in [6.07, 6.45) is -2.36. The van der Waals surface area contributed by atoms with Gasteiger partial charge in [0.25, 0.3) is 5.91 Å². The van der Waals surface area contributed by atoms with Crippen LogP contribution in [0.1, 0.15) is 27.0 Å². The standard InChI is InChI=1S/C24H20F3N3O2/c25-24(26,27)19-4-3-18-11-17-2-1-15(12-20(17)23(31)29-21(18)14-19)16-5-6-28-22(13-16)30-7-9-32-10-8-30/h1-6,12-14H,7-11H2,(H,29,31). The predicted octanol–water partition coefficient (Wildman–Crippen LogP) is 4.76. The number of alkyl halides is 3. The van der Waals surface area contributed by atoms with Crippen LogP contribution < -0.4 is 10.2 Å². The summed E-state index contributed by atoms with van der Waals surface area (Å²) in [4.78, 5) is 19.5. The number of fused-ring (bicyclic) bond motifs is 2. The van der Waals surface area contributed by atoms with Gasteiger partial charge in [0.2, 0.25) is 0 Å². The fourth-order valence-corrected chi connectivity index (χ4v) is 4.10. The van der Waals surface area contributed by atoms with Crippen molar-refractivity contribution < 1.29 is 22.7 Å². The molecular weight excluding hydrogens is 419 g/mol. The van der Waals surface area contributed by atoms with Crippen molar-refractivity contribution in [3.8, 4) is 11.1 Å². The molecule has 1 aromatic heterocycles. The van der Waals surface area contributed by atoms with E-state index in [1.165, 1.54) is 6.07 Å². The average molecular weight is 439 g/mol. The molecule has 32 heavy (non-hydrogen) atoms. The van der Waals surface area contributed by atoms with Crippen molar-refractivity contribution in [2.75, 3.05) is 36.5 Å². The van der Waals surface area contributed by atoms with Gasteiger partial charge in [-0.2, -0.15) is 13.2 Å². The van der Waals surface area contributed by atoms with Gasteiger partial charge in [0.05, 0.1) is 18.8 Å². The maximum absolute atomic E-state index is 13.1. The van der Waals surface area contributed by atoms with Crippen molar-refractivity contribution in [3.63, 3.8) is 0 Å². The van der Waals surface area contributed by atoms with E-state index in [0.29, 0.717) is 30.8 Å². The van der Waals surface area contributed by atoms with Crippen LogP contribution in [-0.4, -0.2) is 37.2 Å². The molecule has 3 aromatic rings. The molecular formula is C24H20F3N3O2. The molecule has 0 bridgehead atoms. The molecule has 1 fully saturated rings. The van der Waals surface area contributed by atoms with E-state index in [1.807, 2.05) is 24.3 Å². The molecule has 1 amide bonds. The number of anilines is 2. The van der Waals surface area contributed by atoms with E-state index in [4.69, 9.17) is 4.74 Å². The van der Waals surface area contributed by atoms with Crippen LogP contribution in [0.5, 0.6) is 0 Å². The molecule has 0 spiro atoms. The van der Waals surface area contributed by atoms with Gasteiger partial charge < -0.3 is 15.0 Å². The number of hydrogen-bond donors (Lipinski definition) is 1. The van der Waals surface area contributed by atoms with Gasteiger partial charge in [-0.25, -0.2) is 4.98 Å². The van der Waals surface area contributed by atoms with E-state index in [1.54, 1.807) is 12.3 Å². The predicted molar refractivity (Wildman–Crippen MR) is 115 cm³/mol. The van der Waals surface area contributed by atoms with Crippen LogP contribution in [0.25, 0.3) is 11.1 Å². The molecule has 2 aliphatic rings. The van der Waals surface area contributed by atoms with Crippen molar-refractivity contribution in [2.24, 2.45) is 0 Å². The Kier molecular flexibility index (Phi) is 5.09. The maximum atomic E-state index is 13.1. The lowest BCUT2D eigenvalue weighted by Crippen LogP contribution is -2.36. The summed E-state index contributed by atoms with van der Waals surface area (Å²) >= 11 is 0. The second-order valence-corrected chi connectivity index (χ2v) is 7.87. The second kappa shape index (κ2) is 7.94. The SMILES string of the molecule is O=C1Nc2cc(C(F)(F)F)ccc2Cc2ccc(-c3ccnc(N4CCOCC4)c3)cc21. The molecule has 2 aromatic carbocycles. The smallest absolute Gasteiger partial charge is 0.378 e. The first kappa shape index (κ1) is 20.5. The number of rotatable bonds is 2. The summed E-state index contributed by atoms with van der Waals surface area (Å²) in [5, 5.41) is 2.66. The largest absolute Gasteiger partial charge is 0.416 e. The average Bonchev–Trinajstić information content (AvgIpc) is 2.94. The topological polar surface area (TPSA) is 54.5 Å². The van der Waals surface area contributed by atoms with Gasteiger partial charge in [0, 0.05) is 37.0 Å². The van der Waals surface area contributed by atoms with Gasteiger partial charge in [-0.3, -0.25) is 4.79 Å². The summed E-state index contributed by atoms with van der Waals surface area (Å²) in [5.74, 6) is 0.430. The number of ether oxygens (including phenoxy) is 1. The Morgan fingerprint density at radius 2 is 1.69 bits per heavy atom. The molecule has 0 saturated carbocycles. The third-order valence-corrected chi connectivity index (χ3v) is 5.83. The zero-order chi connectivity index (χ0) is 22.3. The maximum Gasteiger partial charge on any atom is 0.416 e. The van der Waals surface area contributed by atoms with Crippen LogP contribution in [0.2, 0.25) is 0 Å². The van der Waals surface area contributed by atoms with Crippen LogP contribution in [0.4, 0.5) is 24.7 Å². The van der Waals surface area contributed by atoms with E-state index in [0.717, 1.165) is 47.7 Å². The summed E-state index contributed by atoms with van der Waals surface area (Å²) < 4.78 is 44.7. The molecule has 5 nitrogen and oxygen atoms in total. The van der Waals surface area contributed by atoms with Crippen LogP contribution in [0.15, 0.2) is 54.7 Å². The first-order chi connectivity index (χ1) is 15.4. The molecule has 1 saturated heterocycles.